The number of nitrogens with zero attached hydrogens (tertiary/aromatic N) is 2. The molecule has 0 radical (unpaired) electrons. The molecular formula is C16H27ClN4O2. The predicted molar refractivity (Wildman–Crippen MR) is 94.7 cm³/mol. The maximum absolute atomic E-state index is 12.0. The molecule has 3 amide bonds. The van der Waals surface area contributed by atoms with E-state index in [-0.39, 0.29) is 24.3 Å². The summed E-state index contributed by atoms with van der Waals surface area (Å²) in [6.07, 6.45) is 0.311. The van der Waals surface area contributed by atoms with Crippen molar-refractivity contribution in [3.63, 3.8) is 0 Å². The SMILES string of the molecule is CNCCN(C)C(=O)CCNC(=O)N(C)Cc1ccccc1.Cl. The van der Waals surface area contributed by atoms with Crippen LogP contribution >= 0.6 is 12.4 Å². The van der Waals surface area contributed by atoms with Gasteiger partial charge in [0.15, 0.2) is 0 Å². The zero-order chi connectivity index (χ0) is 16.4. The Kier molecular flexibility index (Phi) is 10.8. The molecule has 0 aliphatic rings. The van der Waals surface area contributed by atoms with Gasteiger partial charge in [-0.3, -0.25) is 4.79 Å². The summed E-state index contributed by atoms with van der Waals surface area (Å²) in [5.41, 5.74) is 1.07. The molecule has 0 aliphatic carbocycles. The highest BCUT2D eigenvalue weighted by molar-refractivity contribution is 5.85. The maximum atomic E-state index is 12.0. The van der Waals surface area contributed by atoms with E-state index in [1.807, 2.05) is 37.4 Å². The number of likely N-dealkylation sites (N-methyl/N-ethyl adjacent to an activating group) is 2. The molecule has 0 unspecified atom stereocenters. The van der Waals surface area contributed by atoms with E-state index >= 15 is 0 Å². The molecule has 0 aliphatic heterocycles. The highest BCUT2D eigenvalue weighted by Gasteiger charge is 2.11. The molecule has 130 valence electrons. The highest BCUT2D eigenvalue weighted by Crippen LogP contribution is 2.02. The lowest BCUT2D eigenvalue weighted by Gasteiger charge is -2.19. The number of hydrogen-bond donors (Lipinski definition) is 2. The first-order valence-corrected chi connectivity index (χ1v) is 7.46. The van der Waals surface area contributed by atoms with Gasteiger partial charge in [-0.2, -0.15) is 0 Å². The molecular weight excluding hydrogens is 316 g/mol. The molecule has 0 bridgehead atoms. The van der Waals surface area contributed by atoms with Gasteiger partial charge in [-0.15, -0.1) is 12.4 Å². The summed E-state index contributed by atoms with van der Waals surface area (Å²) in [6.45, 7) is 2.31. The number of hydrogen-bond acceptors (Lipinski definition) is 3. The van der Waals surface area contributed by atoms with Crippen LogP contribution in [0.1, 0.15) is 12.0 Å². The molecule has 7 heteroatoms. The van der Waals surface area contributed by atoms with Crippen molar-refractivity contribution in [2.45, 2.75) is 13.0 Å². The minimum Gasteiger partial charge on any atom is -0.344 e. The molecule has 6 nitrogen and oxygen atoms in total. The van der Waals surface area contributed by atoms with Gasteiger partial charge in [-0.25, -0.2) is 4.79 Å². The Bertz CT molecular complexity index is 470. The number of amides is 3. The van der Waals surface area contributed by atoms with Crippen LogP contribution in [0.4, 0.5) is 4.79 Å². The molecule has 0 atom stereocenters. The molecule has 0 heterocycles. The number of nitrogens with one attached hydrogen (secondary N) is 2. The van der Waals surface area contributed by atoms with Gasteiger partial charge in [0.1, 0.15) is 0 Å². The van der Waals surface area contributed by atoms with Crippen LogP contribution in [-0.4, -0.2) is 62.5 Å². The van der Waals surface area contributed by atoms with Gasteiger partial charge in [0.2, 0.25) is 5.91 Å². The van der Waals surface area contributed by atoms with Crippen molar-refractivity contribution in [3.8, 4) is 0 Å². The van der Waals surface area contributed by atoms with Crippen LogP contribution in [0.3, 0.4) is 0 Å². The number of carbonyl (C=O) groups excluding carboxylic acids is 2. The number of benzene rings is 1. The molecule has 0 saturated heterocycles. The number of carbonyl (C=O) groups is 2. The van der Waals surface area contributed by atoms with E-state index in [4.69, 9.17) is 0 Å². The van der Waals surface area contributed by atoms with Crippen LogP contribution < -0.4 is 10.6 Å². The Labute approximate surface area is 144 Å². The first-order chi connectivity index (χ1) is 10.5. The van der Waals surface area contributed by atoms with E-state index in [1.165, 1.54) is 0 Å². The molecule has 0 saturated carbocycles. The molecule has 1 aromatic carbocycles. The van der Waals surface area contributed by atoms with E-state index < -0.39 is 0 Å². The minimum atomic E-state index is -0.172. The zero-order valence-corrected chi connectivity index (χ0v) is 14.9. The standard InChI is InChI=1S/C16H26N4O2.ClH/c1-17-11-12-19(2)15(21)9-10-18-16(22)20(3)13-14-7-5-4-6-8-14;/h4-8,17H,9-13H2,1-3H3,(H,18,22);1H. The summed E-state index contributed by atoms with van der Waals surface area (Å²) in [5, 5.41) is 5.76. The summed E-state index contributed by atoms with van der Waals surface area (Å²) in [7, 11) is 5.35. The Morgan fingerprint density at radius 2 is 1.70 bits per heavy atom. The van der Waals surface area contributed by atoms with Crippen LogP contribution in [0.15, 0.2) is 30.3 Å². The Hall–Kier alpha value is -1.79. The molecule has 1 rings (SSSR count). The van der Waals surface area contributed by atoms with Crippen molar-refractivity contribution >= 4 is 24.3 Å². The predicted octanol–water partition coefficient (Wildman–Crippen LogP) is 1.32. The van der Waals surface area contributed by atoms with E-state index in [1.54, 1.807) is 23.9 Å². The quantitative estimate of drug-likeness (QED) is 0.749. The molecule has 0 aromatic heterocycles. The Morgan fingerprint density at radius 1 is 1.04 bits per heavy atom. The molecule has 23 heavy (non-hydrogen) atoms. The first kappa shape index (κ1) is 21.2. The van der Waals surface area contributed by atoms with Crippen LogP contribution in [0.5, 0.6) is 0 Å². The van der Waals surface area contributed by atoms with Gasteiger partial charge in [0.05, 0.1) is 0 Å². The lowest BCUT2D eigenvalue weighted by molar-refractivity contribution is -0.129. The van der Waals surface area contributed by atoms with Gasteiger partial charge in [0, 0.05) is 46.7 Å². The summed E-state index contributed by atoms with van der Waals surface area (Å²) in [5.74, 6) is 0.0289. The van der Waals surface area contributed by atoms with Crippen LogP contribution in [0, 0.1) is 0 Å². The van der Waals surface area contributed by atoms with Gasteiger partial charge in [0.25, 0.3) is 0 Å². The monoisotopic (exact) mass is 342 g/mol. The molecule has 0 spiro atoms. The van der Waals surface area contributed by atoms with Gasteiger partial charge < -0.3 is 20.4 Å². The summed E-state index contributed by atoms with van der Waals surface area (Å²) in [4.78, 5) is 27.0. The average Bonchev–Trinajstić information content (AvgIpc) is 2.53. The van der Waals surface area contributed by atoms with Crippen molar-refractivity contribution in [1.29, 1.82) is 0 Å². The smallest absolute Gasteiger partial charge is 0.317 e. The highest BCUT2D eigenvalue weighted by atomic mass is 35.5. The Balaban J connectivity index is 0.00000484. The largest absolute Gasteiger partial charge is 0.344 e. The number of rotatable bonds is 8. The first-order valence-electron chi connectivity index (χ1n) is 7.46. The van der Waals surface area contributed by atoms with E-state index in [0.717, 1.165) is 12.1 Å². The fourth-order valence-corrected chi connectivity index (χ4v) is 1.94. The van der Waals surface area contributed by atoms with Gasteiger partial charge in [-0.05, 0) is 12.6 Å². The summed E-state index contributed by atoms with van der Waals surface area (Å²) < 4.78 is 0. The summed E-state index contributed by atoms with van der Waals surface area (Å²) in [6, 6.07) is 9.62. The third-order valence-electron chi connectivity index (χ3n) is 3.35. The molecule has 1 aromatic rings. The fraction of sp³-hybridized carbons (Fsp3) is 0.500. The van der Waals surface area contributed by atoms with Crippen molar-refractivity contribution < 1.29 is 9.59 Å². The van der Waals surface area contributed by atoms with Crippen LogP contribution in [-0.2, 0) is 11.3 Å². The molecule has 0 fully saturated rings. The lowest BCUT2D eigenvalue weighted by Crippen LogP contribution is -2.39. The van der Waals surface area contributed by atoms with Gasteiger partial charge >= 0.3 is 6.03 Å². The summed E-state index contributed by atoms with van der Waals surface area (Å²) >= 11 is 0. The number of urea groups is 1. The maximum Gasteiger partial charge on any atom is 0.317 e. The topological polar surface area (TPSA) is 64.7 Å². The van der Waals surface area contributed by atoms with E-state index in [0.29, 0.717) is 26.1 Å². The van der Waals surface area contributed by atoms with Crippen LogP contribution in [0.25, 0.3) is 0 Å². The third-order valence-corrected chi connectivity index (χ3v) is 3.35. The Morgan fingerprint density at radius 3 is 2.30 bits per heavy atom. The normalized spacial score (nSPS) is 9.70. The lowest BCUT2D eigenvalue weighted by atomic mass is 10.2. The van der Waals surface area contributed by atoms with Crippen LogP contribution in [0.2, 0.25) is 0 Å². The van der Waals surface area contributed by atoms with Crippen molar-refractivity contribution in [2.75, 3.05) is 40.8 Å². The third kappa shape index (κ3) is 8.42. The fourth-order valence-electron chi connectivity index (χ4n) is 1.94. The second kappa shape index (κ2) is 11.7. The van der Waals surface area contributed by atoms with Crippen molar-refractivity contribution in [1.82, 2.24) is 20.4 Å². The van der Waals surface area contributed by atoms with E-state index in [9.17, 15) is 9.59 Å². The average molecular weight is 343 g/mol. The second-order valence-electron chi connectivity index (χ2n) is 5.24. The van der Waals surface area contributed by atoms with Gasteiger partial charge in [-0.1, -0.05) is 30.3 Å². The van der Waals surface area contributed by atoms with Crippen molar-refractivity contribution in [2.24, 2.45) is 0 Å². The molecule has 2 N–H and O–H groups in total. The number of halogens is 1. The minimum absolute atomic E-state index is 0. The zero-order valence-electron chi connectivity index (χ0n) is 14.0. The van der Waals surface area contributed by atoms with Crippen molar-refractivity contribution in [3.05, 3.63) is 35.9 Å². The van der Waals surface area contributed by atoms with E-state index in [2.05, 4.69) is 10.6 Å². The second-order valence-corrected chi connectivity index (χ2v) is 5.24.